The first-order valence-corrected chi connectivity index (χ1v) is 5.59. The molecule has 1 saturated carbocycles. The number of aliphatic hydroxyl groups is 1. The Bertz CT molecular complexity index is 177. The minimum absolute atomic E-state index is 0.0638. The molecular weight excluding hydrogens is 162 g/mol. The van der Waals surface area contributed by atoms with Crippen molar-refractivity contribution in [2.24, 2.45) is 11.8 Å². The minimum atomic E-state index is -0.0638. The van der Waals surface area contributed by atoms with E-state index in [2.05, 4.69) is 18.7 Å². The molecule has 2 atom stereocenters. The van der Waals surface area contributed by atoms with Crippen LogP contribution in [0.5, 0.6) is 0 Å². The summed E-state index contributed by atoms with van der Waals surface area (Å²) < 4.78 is 0. The van der Waals surface area contributed by atoms with Crippen LogP contribution in [0.4, 0.5) is 0 Å². The first-order chi connectivity index (χ1) is 6.16. The molecular formula is C11H21NO. The van der Waals surface area contributed by atoms with Crippen LogP contribution in [-0.4, -0.2) is 35.2 Å². The van der Waals surface area contributed by atoms with Gasteiger partial charge in [-0.25, -0.2) is 0 Å². The van der Waals surface area contributed by atoms with E-state index in [1.807, 2.05) is 0 Å². The summed E-state index contributed by atoms with van der Waals surface area (Å²) in [5, 5.41) is 9.61. The van der Waals surface area contributed by atoms with Crippen LogP contribution in [0.1, 0.15) is 33.1 Å². The number of hydrogen-bond donors (Lipinski definition) is 1. The van der Waals surface area contributed by atoms with E-state index in [4.69, 9.17) is 0 Å². The number of likely N-dealkylation sites (tertiary alicyclic amines) is 1. The van der Waals surface area contributed by atoms with Gasteiger partial charge in [-0.3, -0.25) is 4.90 Å². The van der Waals surface area contributed by atoms with Crippen LogP contribution in [0.2, 0.25) is 0 Å². The molecule has 1 aliphatic carbocycles. The number of nitrogens with zero attached hydrogens (tertiary/aromatic N) is 1. The third-order valence-electron chi connectivity index (χ3n) is 3.39. The van der Waals surface area contributed by atoms with Crippen molar-refractivity contribution in [3.05, 3.63) is 0 Å². The molecule has 2 aliphatic rings. The maximum atomic E-state index is 9.61. The summed E-state index contributed by atoms with van der Waals surface area (Å²) in [4.78, 5) is 2.51. The molecule has 2 heteroatoms. The molecule has 1 saturated heterocycles. The highest BCUT2D eigenvalue weighted by molar-refractivity contribution is 4.90. The summed E-state index contributed by atoms with van der Waals surface area (Å²) in [6.07, 6.45) is 3.75. The molecule has 0 aromatic carbocycles. The smallest absolute Gasteiger partial charge is 0.0682 e. The maximum absolute atomic E-state index is 9.61. The third kappa shape index (κ3) is 2.23. The molecule has 0 aromatic rings. The lowest BCUT2D eigenvalue weighted by Gasteiger charge is -2.26. The summed E-state index contributed by atoms with van der Waals surface area (Å²) in [7, 11) is 0. The van der Waals surface area contributed by atoms with Crippen LogP contribution in [0.3, 0.4) is 0 Å². The summed E-state index contributed by atoms with van der Waals surface area (Å²) >= 11 is 0. The number of aliphatic hydroxyl groups excluding tert-OH is 1. The quantitative estimate of drug-likeness (QED) is 0.716. The molecule has 0 aromatic heterocycles. The van der Waals surface area contributed by atoms with Gasteiger partial charge in [-0.15, -0.1) is 0 Å². The van der Waals surface area contributed by atoms with Gasteiger partial charge in [0.1, 0.15) is 0 Å². The fourth-order valence-corrected chi connectivity index (χ4v) is 2.44. The van der Waals surface area contributed by atoms with Crippen molar-refractivity contribution >= 4 is 0 Å². The van der Waals surface area contributed by atoms with Gasteiger partial charge in [0.15, 0.2) is 0 Å². The molecule has 2 rings (SSSR count). The van der Waals surface area contributed by atoms with Crippen LogP contribution in [0, 0.1) is 11.8 Å². The molecule has 0 bridgehead atoms. The van der Waals surface area contributed by atoms with Crippen molar-refractivity contribution < 1.29 is 5.11 Å². The van der Waals surface area contributed by atoms with Gasteiger partial charge in [0.05, 0.1) is 6.10 Å². The second-order valence-corrected chi connectivity index (χ2v) is 5.10. The SMILES string of the molecule is CC(C)[C@H]1C[C@H](O)CN1CC1CC1. The first kappa shape index (κ1) is 9.47. The second-order valence-electron chi connectivity index (χ2n) is 5.10. The largest absolute Gasteiger partial charge is 0.392 e. The summed E-state index contributed by atoms with van der Waals surface area (Å²) in [5.74, 6) is 1.64. The molecule has 0 amide bonds. The van der Waals surface area contributed by atoms with E-state index >= 15 is 0 Å². The highest BCUT2D eigenvalue weighted by Crippen LogP contribution is 2.33. The molecule has 0 radical (unpaired) electrons. The summed E-state index contributed by atoms with van der Waals surface area (Å²) in [6.45, 7) is 6.68. The van der Waals surface area contributed by atoms with Gasteiger partial charge in [0, 0.05) is 19.1 Å². The predicted octanol–water partition coefficient (Wildman–Crippen LogP) is 1.49. The lowest BCUT2D eigenvalue weighted by molar-refractivity contribution is 0.169. The Morgan fingerprint density at radius 3 is 2.62 bits per heavy atom. The third-order valence-corrected chi connectivity index (χ3v) is 3.39. The van der Waals surface area contributed by atoms with Crippen LogP contribution < -0.4 is 0 Å². The Morgan fingerprint density at radius 1 is 1.38 bits per heavy atom. The number of rotatable bonds is 3. The van der Waals surface area contributed by atoms with Gasteiger partial charge in [0.25, 0.3) is 0 Å². The van der Waals surface area contributed by atoms with E-state index in [0.717, 1.165) is 18.9 Å². The first-order valence-electron chi connectivity index (χ1n) is 5.59. The fourth-order valence-electron chi connectivity index (χ4n) is 2.44. The van der Waals surface area contributed by atoms with E-state index in [0.29, 0.717) is 12.0 Å². The predicted molar refractivity (Wildman–Crippen MR) is 53.5 cm³/mol. The van der Waals surface area contributed by atoms with Crippen molar-refractivity contribution in [3.63, 3.8) is 0 Å². The van der Waals surface area contributed by atoms with Crippen molar-refractivity contribution in [1.82, 2.24) is 4.90 Å². The van der Waals surface area contributed by atoms with Gasteiger partial charge >= 0.3 is 0 Å². The fraction of sp³-hybridized carbons (Fsp3) is 1.00. The molecule has 2 fully saturated rings. The maximum Gasteiger partial charge on any atom is 0.0682 e. The molecule has 0 unspecified atom stereocenters. The van der Waals surface area contributed by atoms with Crippen LogP contribution in [-0.2, 0) is 0 Å². The zero-order chi connectivity index (χ0) is 9.42. The Kier molecular flexibility index (Phi) is 2.61. The number of hydrogen-bond acceptors (Lipinski definition) is 2. The zero-order valence-electron chi connectivity index (χ0n) is 8.74. The van der Waals surface area contributed by atoms with Crippen molar-refractivity contribution in [1.29, 1.82) is 0 Å². The normalized spacial score (nSPS) is 36.0. The van der Waals surface area contributed by atoms with Crippen molar-refractivity contribution in [2.75, 3.05) is 13.1 Å². The molecule has 0 spiro atoms. The minimum Gasteiger partial charge on any atom is -0.392 e. The molecule has 13 heavy (non-hydrogen) atoms. The topological polar surface area (TPSA) is 23.5 Å². The van der Waals surface area contributed by atoms with Gasteiger partial charge in [-0.1, -0.05) is 13.8 Å². The lowest BCUT2D eigenvalue weighted by atomic mass is 10.0. The van der Waals surface area contributed by atoms with E-state index in [1.54, 1.807) is 0 Å². The molecule has 2 nitrogen and oxygen atoms in total. The standard InChI is InChI=1S/C11H21NO/c1-8(2)11-5-10(13)7-12(11)6-9-3-4-9/h8-11,13H,3-7H2,1-2H3/t10-,11+/m0/s1. The number of β-amino-alcohol motifs (C(OH)–C–C–N with tert-alkyl or cyclic N) is 1. The van der Waals surface area contributed by atoms with Gasteiger partial charge < -0.3 is 5.11 Å². The van der Waals surface area contributed by atoms with Gasteiger partial charge in [0.2, 0.25) is 0 Å². The van der Waals surface area contributed by atoms with Gasteiger partial charge in [-0.2, -0.15) is 0 Å². The Morgan fingerprint density at radius 2 is 2.08 bits per heavy atom. The molecule has 1 aliphatic heterocycles. The zero-order valence-corrected chi connectivity index (χ0v) is 8.74. The highest BCUT2D eigenvalue weighted by Gasteiger charge is 2.35. The van der Waals surface area contributed by atoms with E-state index in [1.165, 1.54) is 19.4 Å². The van der Waals surface area contributed by atoms with E-state index in [9.17, 15) is 5.11 Å². The van der Waals surface area contributed by atoms with Crippen molar-refractivity contribution in [3.8, 4) is 0 Å². The molecule has 1 N–H and O–H groups in total. The van der Waals surface area contributed by atoms with Gasteiger partial charge in [-0.05, 0) is 31.1 Å². The van der Waals surface area contributed by atoms with Crippen molar-refractivity contribution in [2.45, 2.75) is 45.3 Å². The second kappa shape index (κ2) is 3.58. The average molecular weight is 183 g/mol. The summed E-state index contributed by atoms with van der Waals surface area (Å²) in [5.41, 5.74) is 0. The molecule has 76 valence electrons. The Labute approximate surface area is 80.9 Å². The average Bonchev–Trinajstić information content (AvgIpc) is 2.75. The van der Waals surface area contributed by atoms with E-state index in [-0.39, 0.29) is 6.10 Å². The van der Waals surface area contributed by atoms with Crippen LogP contribution in [0.15, 0.2) is 0 Å². The Balaban J connectivity index is 1.90. The highest BCUT2D eigenvalue weighted by atomic mass is 16.3. The summed E-state index contributed by atoms with van der Waals surface area (Å²) in [6, 6.07) is 0.635. The monoisotopic (exact) mass is 183 g/mol. The van der Waals surface area contributed by atoms with Crippen LogP contribution >= 0.6 is 0 Å². The lowest BCUT2D eigenvalue weighted by Crippen LogP contribution is -2.35. The Hall–Kier alpha value is -0.0800. The van der Waals surface area contributed by atoms with Crippen LogP contribution in [0.25, 0.3) is 0 Å². The van der Waals surface area contributed by atoms with E-state index < -0.39 is 0 Å². The molecule has 1 heterocycles.